The van der Waals surface area contributed by atoms with Gasteiger partial charge in [0.15, 0.2) is 0 Å². The first kappa shape index (κ1) is 20.6. The first-order valence-electron chi connectivity index (χ1n) is 10.0. The van der Waals surface area contributed by atoms with Crippen LogP contribution in [0.5, 0.6) is 0 Å². The summed E-state index contributed by atoms with van der Waals surface area (Å²) >= 11 is 0. The van der Waals surface area contributed by atoms with Crippen LogP contribution in [0.4, 0.5) is 31.8 Å². The average Bonchev–Trinajstić information content (AvgIpc) is 2.77. The molecule has 0 atom stereocenters. The number of nitrogens with zero attached hydrogens (tertiary/aromatic N) is 4. The van der Waals surface area contributed by atoms with Crippen molar-refractivity contribution in [2.75, 3.05) is 23.3 Å². The van der Waals surface area contributed by atoms with E-state index >= 15 is 0 Å². The van der Waals surface area contributed by atoms with Crippen LogP contribution in [-0.4, -0.2) is 28.0 Å². The number of rotatable bonds is 6. The molecule has 0 aliphatic carbocycles. The Morgan fingerprint density at radius 3 is 2.52 bits per heavy atom. The van der Waals surface area contributed by atoms with Crippen molar-refractivity contribution in [3.8, 4) is 0 Å². The largest absolute Gasteiger partial charge is 0.353 e. The van der Waals surface area contributed by atoms with Gasteiger partial charge < -0.3 is 10.2 Å². The van der Waals surface area contributed by atoms with E-state index in [9.17, 15) is 18.9 Å². The highest BCUT2D eigenvalue weighted by Gasteiger charge is 2.30. The number of benzene rings is 2. The van der Waals surface area contributed by atoms with Gasteiger partial charge in [-0.15, -0.1) is 0 Å². The monoisotopic (exact) mass is 425 g/mol. The highest BCUT2D eigenvalue weighted by Crippen LogP contribution is 2.36. The molecular weight excluding hydrogens is 404 g/mol. The number of hydrogen-bond acceptors (Lipinski definition) is 6. The lowest BCUT2D eigenvalue weighted by Crippen LogP contribution is -2.35. The Morgan fingerprint density at radius 2 is 1.84 bits per heavy atom. The van der Waals surface area contributed by atoms with Crippen molar-refractivity contribution in [1.82, 2.24) is 9.97 Å². The Morgan fingerprint density at radius 1 is 1.10 bits per heavy atom. The minimum absolute atomic E-state index is 0.101. The number of halogens is 2. The standard InChI is InChI=1S/C22H21F2N5O2/c23-17-6-7-19(18(24)13-17)27-21-20(29(30)31)22(26-14-25-21)28-10-8-16(9-11-28)12-15-4-2-1-3-5-15/h1-7,13-14,16H,8-12H2,(H,25,26,27). The summed E-state index contributed by atoms with van der Waals surface area (Å²) in [4.78, 5) is 21.2. The van der Waals surface area contributed by atoms with Gasteiger partial charge in [0, 0.05) is 19.2 Å². The fourth-order valence-electron chi connectivity index (χ4n) is 3.88. The molecule has 1 fully saturated rings. The lowest BCUT2D eigenvalue weighted by molar-refractivity contribution is -0.383. The molecule has 3 aromatic rings. The molecule has 1 N–H and O–H groups in total. The lowest BCUT2D eigenvalue weighted by Gasteiger charge is -2.32. The quantitative estimate of drug-likeness (QED) is 0.448. The van der Waals surface area contributed by atoms with E-state index in [4.69, 9.17) is 0 Å². The van der Waals surface area contributed by atoms with Crippen LogP contribution in [-0.2, 0) is 6.42 Å². The maximum Gasteiger partial charge on any atom is 0.353 e. The number of anilines is 3. The van der Waals surface area contributed by atoms with Gasteiger partial charge in [-0.2, -0.15) is 0 Å². The van der Waals surface area contributed by atoms with Gasteiger partial charge in [0.1, 0.15) is 18.0 Å². The van der Waals surface area contributed by atoms with Gasteiger partial charge in [0.25, 0.3) is 0 Å². The maximum absolute atomic E-state index is 14.0. The Kier molecular flexibility index (Phi) is 6.01. The van der Waals surface area contributed by atoms with Crippen molar-refractivity contribution in [3.05, 3.63) is 82.2 Å². The number of nitrogens with one attached hydrogen (secondary N) is 1. The number of aromatic nitrogens is 2. The molecule has 31 heavy (non-hydrogen) atoms. The van der Waals surface area contributed by atoms with Crippen molar-refractivity contribution in [1.29, 1.82) is 0 Å². The summed E-state index contributed by atoms with van der Waals surface area (Å²) in [6.45, 7) is 1.25. The summed E-state index contributed by atoms with van der Waals surface area (Å²) in [6, 6.07) is 13.2. The van der Waals surface area contributed by atoms with Crippen molar-refractivity contribution >= 4 is 23.0 Å². The molecule has 0 radical (unpaired) electrons. The molecule has 2 aromatic carbocycles. The van der Waals surface area contributed by atoms with Gasteiger partial charge in [-0.25, -0.2) is 18.7 Å². The van der Waals surface area contributed by atoms with Gasteiger partial charge >= 0.3 is 5.69 Å². The second kappa shape index (κ2) is 9.03. The van der Waals surface area contributed by atoms with Gasteiger partial charge in [-0.1, -0.05) is 30.3 Å². The molecule has 9 heteroatoms. The summed E-state index contributed by atoms with van der Waals surface area (Å²) < 4.78 is 27.2. The number of nitro groups is 1. The first-order valence-corrected chi connectivity index (χ1v) is 10.0. The maximum atomic E-state index is 14.0. The predicted molar refractivity (Wildman–Crippen MR) is 113 cm³/mol. The van der Waals surface area contributed by atoms with Crippen LogP contribution in [0.15, 0.2) is 54.9 Å². The zero-order chi connectivity index (χ0) is 21.8. The minimum atomic E-state index is -0.865. The van der Waals surface area contributed by atoms with Gasteiger partial charge in [-0.3, -0.25) is 10.1 Å². The van der Waals surface area contributed by atoms with Crippen molar-refractivity contribution in [2.24, 2.45) is 5.92 Å². The molecule has 1 aliphatic rings. The normalized spacial score (nSPS) is 14.5. The van der Waals surface area contributed by atoms with E-state index in [-0.39, 0.29) is 23.0 Å². The lowest BCUT2D eigenvalue weighted by atomic mass is 9.90. The highest BCUT2D eigenvalue weighted by molar-refractivity contribution is 5.74. The van der Waals surface area contributed by atoms with E-state index in [1.54, 1.807) is 0 Å². The fraction of sp³-hybridized carbons (Fsp3) is 0.273. The molecule has 0 amide bonds. The molecule has 0 spiro atoms. The molecule has 1 aliphatic heterocycles. The van der Waals surface area contributed by atoms with Crippen LogP contribution in [0, 0.1) is 27.7 Å². The summed E-state index contributed by atoms with van der Waals surface area (Å²) in [6.07, 6.45) is 3.94. The molecule has 160 valence electrons. The Hall–Kier alpha value is -3.62. The van der Waals surface area contributed by atoms with E-state index in [0.717, 1.165) is 25.3 Å². The van der Waals surface area contributed by atoms with Crippen molar-refractivity contribution < 1.29 is 13.7 Å². The van der Waals surface area contributed by atoms with Crippen molar-refractivity contribution in [2.45, 2.75) is 19.3 Å². The predicted octanol–water partition coefficient (Wildman–Crippen LogP) is 4.87. The van der Waals surface area contributed by atoms with E-state index in [1.807, 2.05) is 23.1 Å². The van der Waals surface area contributed by atoms with E-state index in [0.29, 0.717) is 25.1 Å². The fourth-order valence-corrected chi connectivity index (χ4v) is 3.88. The minimum Gasteiger partial charge on any atom is -0.351 e. The third kappa shape index (κ3) is 4.76. The molecular formula is C22H21F2N5O2. The topological polar surface area (TPSA) is 84.2 Å². The number of hydrogen-bond donors (Lipinski definition) is 1. The molecule has 0 unspecified atom stereocenters. The van der Waals surface area contributed by atoms with Crippen LogP contribution < -0.4 is 10.2 Å². The summed E-state index contributed by atoms with van der Waals surface area (Å²) in [5.74, 6) is -1.05. The smallest absolute Gasteiger partial charge is 0.351 e. The summed E-state index contributed by atoms with van der Waals surface area (Å²) in [7, 11) is 0. The van der Waals surface area contributed by atoms with E-state index in [1.165, 1.54) is 18.0 Å². The third-order valence-electron chi connectivity index (χ3n) is 5.45. The van der Waals surface area contributed by atoms with Gasteiger partial charge in [0.05, 0.1) is 10.6 Å². The zero-order valence-electron chi connectivity index (χ0n) is 16.7. The van der Waals surface area contributed by atoms with Crippen LogP contribution in [0.25, 0.3) is 0 Å². The van der Waals surface area contributed by atoms with Crippen LogP contribution in [0.3, 0.4) is 0 Å². The van der Waals surface area contributed by atoms with Gasteiger partial charge in [-0.05, 0) is 42.9 Å². The second-order valence-corrected chi connectivity index (χ2v) is 7.52. The third-order valence-corrected chi connectivity index (χ3v) is 5.45. The summed E-state index contributed by atoms with van der Waals surface area (Å²) in [5.41, 5.74) is 0.852. The van der Waals surface area contributed by atoms with Crippen LogP contribution in [0.1, 0.15) is 18.4 Å². The van der Waals surface area contributed by atoms with E-state index in [2.05, 4.69) is 27.4 Å². The van der Waals surface area contributed by atoms with Crippen LogP contribution in [0.2, 0.25) is 0 Å². The highest BCUT2D eigenvalue weighted by atomic mass is 19.1. The SMILES string of the molecule is O=[N+]([O-])c1c(Nc2ccc(F)cc2F)ncnc1N1CCC(Cc2ccccc2)CC1. The van der Waals surface area contributed by atoms with Crippen LogP contribution >= 0.6 is 0 Å². The van der Waals surface area contributed by atoms with Gasteiger partial charge in [0.2, 0.25) is 11.6 Å². The Labute approximate surface area is 177 Å². The number of piperidine rings is 1. The molecule has 7 nitrogen and oxygen atoms in total. The van der Waals surface area contributed by atoms with E-state index < -0.39 is 16.6 Å². The molecule has 4 rings (SSSR count). The van der Waals surface area contributed by atoms with Crippen molar-refractivity contribution in [3.63, 3.8) is 0 Å². The molecule has 0 bridgehead atoms. The molecule has 2 heterocycles. The summed E-state index contributed by atoms with van der Waals surface area (Å²) in [5, 5.41) is 14.4. The Bertz CT molecular complexity index is 1070. The second-order valence-electron chi connectivity index (χ2n) is 7.52. The average molecular weight is 425 g/mol. The molecule has 0 saturated carbocycles. The molecule has 1 aromatic heterocycles. The Balaban J connectivity index is 1.52. The first-order chi connectivity index (χ1) is 15.0. The molecule has 1 saturated heterocycles. The zero-order valence-corrected chi connectivity index (χ0v) is 16.7.